The van der Waals surface area contributed by atoms with Gasteiger partial charge >= 0.3 is 28.5 Å². The Labute approximate surface area is 58.7 Å². The van der Waals surface area contributed by atoms with Crippen molar-refractivity contribution in [1.82, 2.24) is 0 Å². The van der Waals surface area contributed by atoms with Crippen LogP contribution in [0.3, 0.4) is 0 Å². The van der Waals surface area contributed by atoms with E-state index in [9.17, 15) is 0 Å². The molecular weight excluding hydrogens is 120 g/mol. The zero-order valence-corrected chi connectivity index (χ0v) is 5.11. The second-order valence-corrected chi connectivity index (χ2v) is 0.576. The predicted molar refractivity (Wildman–Crippen MR) is 25.5 cm³/mol. The summed E-state index contributed by atoms with van der Waals surface area (Å²) in [5.74, 6) is 0. The van der Waals surface area contributed by atoms with Crippen LogP contribution in [0, 0.1) is 0 Å². The van der Waals surface area contributed by atoms with Crippen molar-refractivity contribution in [3.8, 4) is 0 Å². The summed E-state index contributed by atoms with van der Waals surface area (Å²) < 4.78 is 0. The van der Waals surface area contributed by atoms with Crippen LogP contribution >= 0.6 is 11.6 Å². The summed E-state index contributed by atoms with van der Waals surface area (Å²) in [5, 5.41) is 7.18. The third kappa shape index (κ3) is 231. The van der Waals surface area contributed by atoms with Gasteiger partial charge in [0, 0.05) is 11.6 Å². The van der Waals surface area contributed by atoms with Crippen molar-refractivity contribution in [2.24, 2.45) is 0 Å². The molecular formula is CH5ClMgO3. The maximum absolute atomic E-state index is 8.77. The summed E-state index contributed by atoms with van der Waals surface area (Å²) in [6.07, 6.45) is 0. The van der Waals surface area contributed by atoms with Crippen molar-refractivity contribution in [1.29, 1.82) is 0 Å². The summed E-state index contributed by atoms with van der Waals surface area (Å²) in [5.41, 5.74) is -1.36. The molecule has 0 aromatic rings. The molecule has 0 aromatic heterocycles. The number of carbonyl (C=O) groups is 1. The zero-order valence-electron chi connectivity index (χ0n) is 4.94. The van der Waals surface area contributed by atoms with E-state index >= 15 is 0 Å². The molecule has 0 fully saturated rings. The normalized spacial score (nSPS) is 4.17. The van der Waals surface area contributed by atoms with Crippen LogP contribution in [0.15, 0.2) is 0 Å². The number of hydrogen-bond donors (Lipinski definition) is 1. The van der Waals surface area contributed by atoms with Crippen molar-refractivity contribution in [3.63, 3.8) is 0 Å². The first-order valence-corrected chi connectivity index (χ1v) is 0.995. The van der Waals surface area contributed by atoms with Crippen LogP contribution in [0.5, 0.6) is 0 Å². The van der Waals surface area contributed by atoms with E-state index in [0.29, 0.717) is 0 Å². The monoisotopic (exact) mass is 124 g/mol. The molecule has 0 amide bonds. The van der Waals surface area contributed by atoms with E-state index < -0.39 is 5.43 Å². The third-order valence-electron chi connectivity index (χ3n) is 0. The quantitative estimate of drug-likeness (QED) is 0.363. The second-order valence-electron chi connectivity index (χ2n) is 0.253. The standard InChI is InChI=1S/CHClO2.Mg.H2O.2H/c2-1(3)4;;;;/h(H,3,4);;1H2;;/q;+2;;2*-1. The van der Waals surface area contributed by atoms with Gasteiger partial charge in [-0.15, -0.1) is 0 Å². The van der Waals surface area contributed by atoms with E-state index in [1.54, 1.807) is 0 Å². The smallest absolute Gasteiger partial charge is 1.00 e. The average molecular weight is 125 g/mol. The summed E-state index contributed by atoms with van der Waals surface area (Å²) in [6, 6.07) is 0. The maximum atomic E-state index is 8.77. The maximum Gasteiger partial charge on any atom is 2.00 e. The van der Waals surface area contributed by atoms with Crippen LogP contribution < -0.4 is 0 Å². The minimum atomic E-state index is -1.36. The fraction of sp³-hybridized carbons (Fsp3) is 0. The van der Waals surface area contributed by atoms with Crippen LogP contribution in [0.2, 0.25) is 0 Å². The molecule has 0 spiro atoms. The summed E-state index contributed by atoms with van der Waals surface area (Å²) in [7, 11) is 0. The van der Waals surface area contributed by atoms with Crippen LogP contribution in [-0.2, 0) is 0 Å². The Morgan fingerprint density at radius 3 is 1.83 bits per heavy atom. The zero-order chi connectivity index (χ0) is 3.58. The van der Waals surface area contributed by atoms with Gasteiger partial charge in [0.15, 0.2) is 0 Å². The molecule has 5 heteroatoms. The molecule has 0 atom stereocenters. The molecule has 0 bridgehead atoms. The Hall–Kier alpha value is 0.486. The SMILES string of the molecule is O.O=C(O)Cl.[H-].[H-].[Mg+2]. The van der Waals surface area contributed by atoms with Gasteiger partial charge in [0.05, 0.1) is 0 Å². The molecule has 0 rings (SSSR count). The summed E-state index contributed by atoms with van der Waals surface area (Å²) >= 11 is 4.19. The van der Waals surface area contributed by atoms with Gasteiger partial charge in [-0.25, -0.2) is 4.79 Å². The molecule has 36 valence electrons. The second kappa shape index (κ2) is 9.09. The number of carboxylic acid groups (broad SMARTS) is 1. The third-order valence-corrected chi connectivity index (χ3v) is 0. The molecule has 0 aliphatic rings. The van der Waals surface area contributed by atoms with Crippen LogP contribution in [-0.4, -0.2) is 39.1 Å². The molecule has 0 unspecified atom stereocenters. The molecule has 0 aromatic carbocycles. The largest absolute Gasteiger partial charge is 2.00 e. The Kier molecular flexibility index (Phi) is 24.3. The van der Waals surface area contributed by atoms with E-state index in [2.05, 4.69) is 11.6 Å². The first-order valence-electron chi connectivity index (χ1n) is 0.617. The fourth-order valence-corrected chi connectivity index (χ4v) is 0. The predicted octanol–water partition coefficient (Wildman–Crippen LogP) is -0.0773. The molecule has 0 aliphatic carbocycles. The van der Waals surface area contributed by atoms with Crippen molar-refractivity contribution >= 4 is 40.1 Å². The minimum absolute atomic E-state index is 0. The van der Waals surface area contributed by atoms with Crippen LogP contribution in [0.1, 0.15) is 2.85 Å². The number of halogens is 1. The van der Waals surface area contributed by atoms with Crippen molar-refractivity contribution in [2.75, 3.05) is 0 Å². The average Bonchev–Trinajstić information content (AvgIpc) is 0.811. The fourth-order valence-electron chi connectivity index (χ4n) is 0. The van der Waals surface area contributed by atoms with Gasteiger partial charge in [0.2, 0.25) is 0 Å². The molecule has 3 N–H and O–H groups in total. The molecule has 0 saturated heterocycles. The molecule has 0 saturated carbocycles. The number of hydrogen-bond acceptors (Lipinski definition) is 1. The van der Waals surface area contributed by atoms with Gasteiger partial charge in [0.25, 0.3) is 0 Å². The Balaban J connectivity index is -0.00000000750. The first kappa shape index (κ1) is 16.1. The molecule has 0 heterocycles. The summed E-state index contributed by atoms with van der Waals surface area (Å²) in [6.45, 7) is 0. The first-order chi connectivity index (χ1) is 1.73. The van der Waals surface area contributed by atoms with Crippen LogP contribution in [0.4, 0.5) is 4.79 Å². The van der Waals surface area contributed by atoms with Crippen molar-refractivity contribution < 1.29 is 18.2 Å². The Bertz CT molecular complexity index is 40.3. The van der Waals surface area contributed by atoms with Crippen LogP contribution in [0.25, 0.3) is 0 Å². The minimum Gasteiger partial charge on any atom is -1.00 e. The van der Waals surface area contributed by atoms with Gasteiger partial charge in [0.1, 0.15) is 0 Å². The van der Waals surface area contributed by atoms with Gasteiger partial charge in [-0.05, 0) is 0 Å². The van der Waals surface area contributed by atoms with Gasteiger partial charge in [-0.3, -0.25) is 0 Å². The van der Waals surface area contributed by atoms with E-state index in [1.807, 2.05) is 0 Å². The van der Waals surface area contributed by atoms with Gasteiger partial charge in [-0.1, -0.05) is 0 Å². The van der Waals surface area contributed by atoms with Crippen molar-refractivity contribution in [3.05, 3.63) is 0 Å². The molecule has 6 heavy (non-hydrogen) atoms. The number of rotatable bonds is 0. The van der Waals surface area contributed by atoms with Crippen molar-refractivity contribution in [2.45, 2.75) is 0 Å². The van der Waals surface area contributed by atoms with E-state index in [0.717, 1.165) is 0 Å². The molecule has 0 aliphatic heterocycles. The van der Waals surface area contributed by atoms with Gasteiger partial charge in [-0.2, -0.15) is 0 Å². The van der Waals surface area contributed by atoms with E-state index in [4.69, 9.17) is 9.90 Å². The topological polar surface area (TPSA) is 68.8 Å². The Morgan fingerprint density at radius 2 is 1.83 bits per heavy atom. The van der Waals surface area contributed by atoms with Gasteiger partial charge < -0.3 is 13.4 Å². The van der Waals surface area contributed by atoms with E-state index in [1.165, 1.54) is 0 Å². The summed E-state index contributed by atoms with van der Waals surface area (Å²) in [4.78, 5) is 8.77. The van der Waals surface area contributed by atoms with E-state index in [-0.39, 0.29) is 31.4 Å². The molecule has 0 radical (unpaired) electrons. The Morgan fingerprint density at radius 1 is 1.83 bits per heavy atom. The molecule has 3 nitrogen and oxygen atoms in total.